The SMILES string of the molecule is Cc1cccc(CN2CC(=O)N3CCN(S(=O)(=O)c4ccc(F)cc4)CCC3C2=O)c1. The van der Waals surface area contributed by atoms with E-state index in [1.54, 1.807) is 4.90 Å². The Morgan fingerprint density at radius 2 is 1.77 bits per heavy atom. The van der Waals surface area contributed by atoms with Gasteiger partial charge in [0.2, 0.25) is 21.8 Å². The highest BCUT2D eigenvalue weighted by atomic mass is 32.2. The van der Waals surface area contributed by atoms with Crippen LogP contribution in [0.2, 0.25) is 0 Å². The first-order chi connectivity index (χ1) is 14.8. The number of carbonyl (C=O) groups excluding carboxylic acids is 2. The molecule has 0 aromatic heterocycles. The smallest absolute Gasteiger partial charge is 0.246 e. The quantitative estimate of drug-likeness (QED) is 0.719. The number of carbonyl (C=O) groups is 2. The molecule has 0 spiro atoms. The Labute approximate surface area is 181 Å². The van der Waals surface area contributed by atoms with E-state index in [0.29, 0.717) is 6.54 Å². The molecule has 4 rings (SSSR count). The van der Waals surface area contributed by atoms with Gasteiger partial charge in [-0.2, -0.15) is 4.31 Å². The van der Waals surface area contributed by atoms with E-state index in [0.717, 1.165) is 23.3 Å². The molecular weight excluding hydrogens is 421 g/mol. The molecule has 0 aliphatic carbocycles. The highest BCUT2D eigenvalue weighted by Gasteiger charge is 2.42. The van der Waals surface area contributed by atoms with E-state index in [1.165, 1.54) is 21.3 Å². The lowest BCUT2D eigenvalue weighted by Crippen LogP contribution is -2.59. The number of hydrogen-bond acceptors (Lipinski definition) is 4. The van der Waals surface area contributed by atoms with Gasteiger partial charge in [0, 0.05) is 26.2 Å². The Kier molecular flexibility index (Phi) is 5.81. The van der Waals surface area contributed by atoms with Gasteiger partial charge >= 0.3 is 0 Å². The number of fused-ring (bicyclic) bond motifs is 1. The number of piperazine rings is 1. The number of halogens is 1. The number of nitrogens with zero attached hydrogens (tertiary/aromatic N) is 3. The second-order valence-electron chi connectivity index (χ2n) is 7.93. The van der Waals surface area contributed by atoms with Crippen LogP contribution in [0.1, 0.15) is 17.5 Å². The molecule has 2 fully saturated rings. The minimum absolute atomic E-state index is 0.00695. The first-order valence-corrected chi connectivity index (χ1v) is 11.6. The van der Waals surface area contributed by atoms with Crippen LogP contribution in [0.25, 0.3) is 0 Å². The van der Waals surface area contributed by atoms with Crippen molar-refractivity contribution in [3.05, 3.63) is 65.5 Å². The zero-order valence-corrected chi connectivity index (χ0v) is 18.0. The average Bonchev–Trinajstić information content (AvgIpc) is 2.96. The molecule has 164 valence electrons. The van der Waals surface area contributed by atoms with E-state index < -0.39 is 21.9 Å². The number of rotatable bonds is 4. The number of aryl methyl sites for hydroxylation is 1. The summed E-state index contributed by atoms with van der Waals surface area (Å²) in [6.07, 6.45) is 0.218. The summed E-state index contributed by atoms with van der Waals surface area (Å²) < 4.78 is 40.4. The molecule has 2 heterocycles. The third-order valence-electron chi connectivity index (χ3n) is 5.77. The summed E-state index contributed by atoms with van der Waals surface area (Å²) in [5, 5.41) is 0. The first-order valence-electron chi connectivity index (χ1n) is 10.2. The van der Waals surface area contributed by atoms with Crippen molar-refractivity contribution < 1.29 is 22.4 Å². The van der Waals surface area contributed by atoms with Crippen LogP contribution >= 0.6 is 0 Å². The Hall–Kier alpha value is -2.78. The maximum absolute atomic E-state index is 13.2. The van der Waals surface area contributed by atoms with Gasteiger partial charge in [-0.1, -0.05) is 29.8 Å². The molecule has 2 aromatic carbocycles. The van der Waals surface area contributed by atoms with Crippen molar-refractivity contribution in [3.8, 4) is 0 Å². The summed E-state index contributed by atoms with van der Waals surface area (Å²) in [7, 11) is -3.84. The zero-order chi connectivity index (χ0) is 22.2. The Balaban J connectivity index is 1.51. The number of sulfonamides is 1. The summed E-state index contributed by atoms with van der Waals surface area (Å²) >= 11 is 0. The first kappa shape index (κ1) is 21.5. The van der Waals surface area contributed by atoms with E-state index in [9.17, 15) is 22.4 Å². The standard InChI is InChI=1S/C22H24FN3O4S/c1-16-3-2-4-17(13-16)14-24-15-21(27)26-12-11-25(10-9-20(26)22(24)28)31(29,30)19-7-5-18(23)6-8-19/h2-8,13,20H,9-12,14-15H2,1H3. The van der Waals surface area contributed by atoms with Crippen LogP contribution < -0.4 is 0 Å². The molecule has 2 amide bonds. The molecule has 7 nitrogen and oxygen atoms in total. The van der Waals surface area contributed by atoms with E-state index in [-0.39, 0.29) is 49.3 Å². The van der Waals surface area contributed by atoms with Gasteiger partial charge in [0.1, 0.15) is 18.4 Å². The molecular formula is C22H24FN3O4S. The van der Waals surface area contributed by atoms with Gasteiger partial charge in [-0.25, -0.2) is 12.8 Å². The highest BCUT2D eigenvalue weighted by Crippen LogP contribution is 2.24. The number of amides is 2. The number of benzene rings is 2. The molecule has 2 aromatic rings. The van der Waals surface area contributed by atoms with Gasteiger partial charge in [0.05, 0.1) is 4.90 Å². The van der Waals surface area contributed by atoms with Gasteiger partial charge in [-0.15, -0.1) is 0 Å². The fourth-order valence-electron chi connectivity index (χ4n) is 4.17. The Morgan fingerprint density at radius 3 is 2.48 bits per heavy atom. The maximum atomic E-state index is 13.2. The largest absolute Gasteiger partial charge is 0.328 e. The predicted octanol–water partition coefficient (Wildman–Crippen LogP) is 1.77. The summed E-state index contributed by atoms with van der Waals surface area (Å²) in [5.41, 5.74) is 2.02. The summed E-state index contributed by atoms with van der Waals surface area (Å²) in [4.78, 5) is 28.9. The van der Waals surface area contributed by atoms with Crippen LogP contribution in [0.4, 0.5) is 4.39 Å². The molecule has 2 aliphatic rings. The third kappa shape index (κ3) is 4.33. The maximum Gasteiger partial charge on any atom is 0.246 e. The van der Waals surface area contributed by atoms with Gasteiger partial charge in [0.25, 0.3) is 0 Å². The Bertz CT molecular complexity index is 1100. The van der Waals surface area contributed by atoms with E-state index >= 15 is 0 Å². The fraction of sp³-hybridized carbons (Fsp3) is 0.364. The molecule has 9 heteroatoms. The van der Waals surface area contributed by atoms with Gasteiger partial charge < -0.3 is 9.80 Å². The van der Waals surface area contributed by atoms with Crippen LogP contribution in [0.5, 0.6) is 0 Å². The van der Waals surface area contributed by atoms with Crippen LogP contribution in [-0.2, 0) is 26.2 Å². The van der Waals surface area contributed by atoms with Crippen molar-refractivity contribution in [1.82, 2.24) is 14.1 Å². The molecule has 0 radical (unpaired) electrons. The molecule has 0 N–H and O–H groups in total. The lowest BCUT2D eigenvalue weighted by molar-refractivity contribution is -0.156. The molecule has 2 saturated heterocycles. The van der Waals surface area contributed by atoms with Crippen molar-refractivity contribution in [3.63, 3.8) is 0 Å². The Morgan fingerprint density at radius 1 is 1.03 bits per heavy atom. The zero-order valence-electron chi connectivity index (χ0n) is 17.2. The molecule has 0 bridgehead atoms. The topological polar surface area (TPSA) is 78.0 Å². The van der Waals surface area contributed by atoms with Crippen molar-refractivity contribution in [2.75, 3.05) is 26.2 Å². The summed E-state index contributed by atoms with van der Waals surface area (Å²) in [6, 6.07) is 11.8. The highest BCUT2D eigenvalue weighted by molar-refractivity contribution is 7.89. The van der Waals surface area contributed by atoms with Crippen molar-refractivity contribution in [2.45, 2.75) is 30.8 Å². The minimum Gasteiger partial charge on any atom is -0.328 e. The monoisotopic (exact) mass is 445 g/mol. The van der Waals surface area contributed by atoms with E-state index in [4.69, 9.17) is 0 Å². The molecule has 1 atom stereocenters. The average molecular weight is 446 g/mol. The van der Waals surface area contributed by atoms with Crippen LogP contribution in [0.3, 0.4) is 0 Å². The molecule has 1 unspecified atom stereocenters. The predicted molar refractivity (Wildman–Crippen MR) is 112 cm³/mol. The molecule has 31 heavy (non-hydrogen) atoms. The second-order valence-corrected chi connectivity index (χ2v) is 9.87. The van der Waals surface area contributed by atoms with Crippen molar-refractivity contribution in [1.29, 1.82) is 0 Å². The van der Waals surface area contributed by atoms with E-state index in [1.807, 2.05) is 31.2 Å². The third-order valence-corrected chi connectivity index (χ3v) is 7.68. The summed E-state index contributed by atoms with van der Waals surface area (Å²) in [5.74, 6) is -0.864. The van der Waals surface area contributed by atoms with Crippen LogP contribution in [0.15, 0.2) is 53.4 Å². The molecule has 2 aliphatic heterocycles. The van der Waals surface area contributed by atoms with Gasteiger partial charge in [-0.05, 0) is 43.2 Å². The lowest BCUT2D eigenvalue weighted by Gasteiger charge is -2.39. The van der Waals surface area contributed by atoms with E-state index in [2.05, 4.69) is 0 Å². The van der Waals surface area contributed by atoms with Crippen molar-refractivity contribution >= 4 is 21.8 Å². The second kappa shape index (κ2) is 8.39. The minimum atomic E-state index is -3.84. The summed E-state index contributed by atoms with van der Waals surface area (Å²) in [6.45, 7) is 2.64. The van der Waals surface area contributed by atoms with Gasteiger partial charge in [0.15, 0.2) is 0 Å². The van der Waals surface area contributed by atoms with Crippen LogP contribution in [0, 0.1) is 12.7 Å². The molecule has 0 saturated carbocycles. The fourth-order valence-corrected chi connectivity index (χ4v) is 5.61. The van der Waals surface area contributed by atoms with Crippen LogP contribution in [-0.4, -0.2) is 66.6 Å². The normalized spacial score (nSPS) is 20.5. The van der Waals surface area contributed by atoms with Crippen molar-refractivity contribution in [2.24, 2.45) is 0 Å². The lowest BCUT2D eigenvalue weighted by atomic mass is 10.1. The number of hydrogen-bond donors (Lipinski definition) is 0. The van der Waals surface area contributed by atoms with Gasteiger partial charge in [-0.3, -0.25) is 9.59 Å².